The van der Waals surface area contributed by atoms with Gasteiger partial charge >= 0.3 is 0 Å². The van der Waals surface area contributed by atoms with Gasteiger partial charge in [-0.15, -0.1) is 0 Å². The van der Waals surface area contributed by atoms with Crippen LogP contribution in [0.4, 0.5) is 5.69 Å². The average Bonchev–Trinajstić information content (AvgIpc) is 2.65. The summed E-state index contributed by atoms with van der Waals surface area (Å²) in [5.41, 5.74) is -0.0175. The van der Waals surface area contributed by atoms with E-state index >= 15 is 0 Å². The number of ether oxygens (including phenoxy) is 1. The zero-order valence-electron chi connectivity index (χ0n) is 15.3. The molecule has 2 rings (SSSR count). The third kappa shape index (κ3) is 5.68. The number of methoxy groups -OCH3 is 1. The number of anilines is 1. The van der Waals surface area contributed by atoms with E-state index in [4.69, 9.17) is 4.74 Å². The number of benzene rings is 2. The minimum absolute atomic E-state index is 0.0149. The number of rotatable bonds is 9. The fraction of sp³-hybridized carbons (Fsp3) is 0.235. The van der Waals surface area contributed by atoms with E-state index in [2.05, 4.69) is 14.8 Å². The molecule has 9 nitrogen and oxygen atoms in total. The van der Waals surface area contributed by atoms with E-state index in [9.17, 15) is 21.6 Å². The van der Waals surface area contributed by atoms with Crippen molar-refractivity contribution in [3.05, 3.63) is 48.5 Å². The van der Waals surface area contributed by atoms with Gasteiger partial charge in [0, 0.05) is 20.0 Å². The molecular weight excluding hydrogens is 406 g/mol. The van der Waals surface area contributed by atoms with Crippen LogP contribution in [0.2, 0.25) is 0 Å². The quantitative estimate of drug-likeness (QED) is 0.510. The highest BCUT2D eigenvalue weighted by Gasteiger charge is 2.20. The van der Waals surface area contributed by atoms with Crippen molar-refractivity contribution in [1.82, 2.24) is 10.0 Å². The first kappa shape index (κ1) is 21.7. The lowest BCUT2D eigenvalue weighted by molar-refractivity contribution is -0.118. The molecule has 0 atom stereocenters. The molecule has 0 aromatic heterocycles. The van der Waals surface area contributed by atoms with Crippen LogP contribution in [-0.4, -0.2) is 42.9 Å². The van der Waals surface area contributed by atoms with Crippen LogP contribution in [0.5, 0.6) is 5.75 Å². The standard InChI is InChI=1S/C17H21N3O6S2/c1-13(21)18-10-11-19-27(22,23)15-8-9-17(26-2)16(12-15)20-28(24,25)14-6-4-3-5-7-14/h3-9,12,19-20H,10-11H2,1-2H3,(H,18,21). The highest BCUT2D eigenvalue weighted by molar-refractivity contribution is 7.92. The second-order valence-corrected chi connectivity index (χ2v) is 9.11. The maximum atomic E-state index is 12.5. The third-order valence-corrected chi connectivity index (χ3v) is 6.41. The lowest BCUT2D eigenvalue weighted by Crippen LogP contribution is -2.33. The Labute approximate surface area is 164 Å². The maximum absolute atomic E-state index is 12.5. The van der Waals surface area contributed by atoms with E-state index in [-0.39, 0.29) is 40.2 Å². The van der Waals surface area contributed by atoms with Crippen LogP contribution < -0.4 is 19.5 Å². The van der Waals surface area contributed by atoms with E-state index in [1.54, 1.807) is 18.2 Å². The summed E-state index contributed by atoms with van der Waals surface area (Å²) in [6, 6.07) is 11.5. The molecule has 0 bridgehead atoms. The Morgan fingerprint density at radius 3 is 2.21 bits per heavy atom. The van der Waals surface area contributed by atoms with Crippen molar-refractivity contribution < 1.29 is 26.4 Å². The van der Waals surface area contributed by atoms with Gasteiger partial charge in [-0.1, -0.05) is 18.2 Å². The number of sulfonamides is 2. The summed E-state index contributed by atoms with van der Waals surface area (Å²) in [7, 11) is -6.51. The predicted octanol–water partition coefficient (Wildman–Crippen LogP) is 0.910. The number of carbonyl (C=O) groups is 1. The molecule has 0 spiro atoms. The van der Waals surface area contributed by atoms with Crippen LogP contribution in [0, 0.1) is 0 Å². The summed E-state index contributed by atoms with van der Waals surface area (Å²) in [5.74, 6) is -0.113. The van der Waals surface area contributed by atoms with Crippen molar-refractivity contribution in [3.63, 3.8) is 0 Å². The summed E-state index contributed by atoms with van der Waals surface area (Å²) in [5, 5.41) is 2.47. The van der Waals surface area contributed by atoms with Crippen LogP contribution in [-0.2, 0) is 24.8 Å². The smallest absolute Gasteiger partial charge is 0.262 e. The van der Waals surface area contributed by atoms with Gasteiger partial charge in [-0.2, -0.15) is 0 Å². The highest BCUT2D eigenvalue weighted by Crippen LogP contribution is 2.29. The first-order valence-electron chi connectivity index (χ1n) is 8.16. The molecule has 0 aliphatic rings. The Morgan fingerprint density at radius 1 is 0.929 bits per heavy atom. The minimum Gasteiger partial charge on any atom is -0.495 e. The molecule has 0 radical (unpaired) electrons. The van der Waals surface area contributed by atoms with E-state index < -0.39 is 20.0 Å². The van der Waals surface area contributed by atoms with E-state index in [1.165, 1.54) is 44.4 Å². The molecule has 2 aromatic carbocycles. The van der Waals surface area contributed by atoms with Crippen molar-refractivity contribution in [2.45, 2.75) is 16.7 Å². The first-order valence-corrected chi connectivity index (χ1v) is 11.1. The van der Waals surface area contributed by atoms with Gasteiger partial charge in [-0.3, -0.25) is 9.52 Å². The fourth-order valence-electron chi connectivity index (χ4n) is 2.24. The molecule has 28 heavy (non-hydrogen) atoms. The molecule has 11 heteroatoms. The molecule has 0 saturated heterocycles. The summed E-state index contributed by atoms with van der Waals surface area (Å²) >= 11 is 0. The van der Waals surface area contributed by atoms with Gasteiger partial charge in [-0.25, -0.2) is 21.6 Å². The lowest BCUT2D eigenvalue weighted by Gasteiger charge is -2.14. The molecule has 1 amide bonds. The molecule has 152 valence electrons. The second kappa shape index (κ2) is 9.04. The van der Waals surface area contributed by atoms with Crippen molar-refractivity contribution >= 4 is 31.6 Å². The molecule has 0 aliphatic heterocycles. The van der Waals surface area contributed by atoms with Gasteiger partial charge in [0.2, 0.25) is 15.9 Å². The van der Waals surface area contributed by atoms with Crippen LogP contribution in [0.25, 0.3) is 0 Å². The molecule has 0 unspecified atom stereocenters. The molecular formula is C17H21N3O6S2. The molecule has 3 N–H and O–H groups in total. The largest absolute Gasteiger partial charge is 0.495 e. The summed E-state index contributed by atoms with van der Waals surface area (Å²) in [6.45, 7) is 1.43. The van der Waals surface area contributed by atoms with Crippen LogP contribution >= 0.6 is 0 Å². The first-order chi connectivity index (χ1) is 13.2. The second-order valence-electron chi connectivity index (χ2n) is 5.66. The molecule has 0 aliphatic carbocycles. The topological polar surface area (TPSA) is 131 Å². The monoisotopic (exact) mass is 427 g/mol. The van der Waals surface area contributed by atoms with Gasteiger partial charge in [-0.05, 0) is 30.3 Å². The number of carbonyl (C=O) groups excluding carboxylic acids is 1. The SMILES string of the molecule is COc1ccc(S(=O)(=O)NCCNC(C)=O)cc1NS(=O)(=O)c1ccccc1. The number of amides is 1. The molecule has 0 saturated carbocycles. The van der Waals surface area contributed by atoms with Gasteiger partial charge in [0.15, 0.2) is 0 Å². The van der Waals surface area contributed by atoms with Gasteiger partial charge in [0.1, 0.15) is 5.75 Å². The Morgan fingerprint density at radius 2 is 1.61 bits per heavy atom. The van der Waals surface area contributed by atoms with E-state index in [0.717, 1.165) is 0 Å². The van der Waals surface area contributed by atoms with Crippen molar-refractivity contribution in [2.24, 2.45) is 0 Å². The summed E-state index contributed by atoms with van der Waals surface area (Å²) < 4.78 is 59.7. The molecule has 0 heterocycles. The predicted molar refractivity (Wildman–Crippen MR) is 104 cm³/mol. The van der Waals surface area contributed by atoms with Crippen molar-refractivity contribution in [1.29, 1.82) is 0 Å². The van der Waals surface area contributed by atoms with Crippen molar-refractivity contribution in [2.75, 3.05) is 24.9 Å². The van der Waals surface area contributed by atoms with Crippen LogP contribution in [0.15, 0.2) is 58.3 Å². The Kier molecular flexibility index (Phi) is 7.00. The summed E-state index contributed by atoms with van der Waals surface area (Å²) in [6.07, 6.45) is 0. The Hall–Kier alpha value is -2.63. The maximum Gasteiger partial charge on any atom is 0.262 e. The normalized spacial score (nSPS) is 11.6. The van der Waals surface area contributed by atoms with Gasteiger partial charge < -0.3 is 10.1 Å². The average molecular weight is 428 g/mol. The number of hydrogen-bond acceptors (Lipinski definition) is 6. The zero-order chi connectivity index (χ0) is 20.8. The fourth-order valence-corrected chi connectivity index (χ4v) is 4.38. The lowest BCUT2D eigenvalue weighted by atomic mass is 10.3. The Balaban J connectivity index is 2.27. The number of nitrogens with one attached hydrogen (secondary N) is 3. The van der Waals surface area contributed by atoms with Crippen molar-refractivity contribution in [3.8, 4) is 5.75 Å². The van der Waals surface area contributed by atoms with Gasteiger partial charge in [0.05, 0.1) is 22.6 Å². The van der Waals surface area contributed by atoms with Gasteiger partial charge in [0.25, 0.3) is 10.0 Å². The summed E-state index contributed by atoms with van der Waals surface area (Å²) in [4.78, 5) is 10.7. The zero-order valence-corrected chi connectivity index (χ0v) is 16.9. The molecule has 2 aromatic rings. The van der Waals surface area contributed by atoms with E-state index in [0.29, 0.717) is 0 Å². The van der Waals surface area contributed by atoms with Crippen LogP contribution in [0.3, 0.4) is 0 Å². The number of hydrogen-bond donors (Lipinski definition) is 3. The highest BCUT2D eigenvalue weighted by atomic mass is 32.2. The minimum atomic E-state index is -3.93. The Bertz CT molecular complexity index is 1040. The molecule has 0 fully saturated rings. The van der Waals surface area contributed by atoms with E-state index in [1.807, 2.05) is 0 Å². The third-order valence-electron chi connectivity index (χ3n) is 3.57. The van der Waals surface area contributed by atoms with Crippen LogP contribution in [0.1, 0.15) is 6.92 Å².